The predicted octanol–water partition coefficient (Wildman–Crippen LogP) is 4.18. The van der Waals surface area contributed by atoms with Crippen molar-refractivity contribution in [2.75, 3.05) is 6.54 Å². The molecular formula is C14H19ClFN. The van der Waals surface area contributed by atoms with Gasteiger partial charge in [0.15, 0.2) is 0 Å². The smallest absolute Gasteiger partial charge is 0.129 e. The lowest BCUT2D eigenvalue weighted by Crippen LogP contribution is -2.25. The van der Waals surface area contributed by atoms with Crippen LogP contribution < -0.4 is 5.32 Å². The molecule has 0 spiro atoms. The van der Waals surface area contributed by atoms with Crippen molar-refractivity contribution < 1.29 is 4.39 Å². The Balaban J connectivity index is 2.27. The molecule has 0 aliphatic heterocycles. The summed E-state index contributed by atoms with van der Waals surface area (Å²) in [5.41, 5.74) is 1.06. The van der Waals surface area contributed by atoms with Crippen LogP contribution in [-0.4, -0.2) is 6.54 Å². The van der Waals surface area contributed by atoms with Crippen molar-refractivity contribution in [2.45, 2.75) is 33.2 Å². The molecule has 3 heteroatoms. The summed E-state index contributed by atoms with van der Waals surface area (Å²) in [7, 11) is 0. The lowest BCUT2D eigenvalue weighted by Gasteiger charge is -2.21. The van der Waals surface area contributed by atoms with Gasteiger partial charge in [-0.2, -0.15) is 0 Å². The highest BCUT2D eigenvalue weighted by Crippen LogP contribution is 2.57. The first-order valence-corrected chi connectivity index (χ1v) is 6.52. The van der Waals surface area contributed by atoms with Crippen LogP contribution in [0.15, 0.2) is 18.2 Å². The van der Waals surface area contributed by atoms with E-state index in [0.717, 1.165) is 18.5 Å². The number of hydrogen-bond donors (Lipinski definition) is 1. The molecule has 0 heterocycles. The Morgan fingerprint density at radius 3 is 2.65 bits per heavy atom. The zero-order chi connectivity index (χ0) is 12.6. The van der Waals surface area contributed by atoms with Crippen LogP contribution in [0.5, 0.6) is 0 Å². The second-order valence-corrected chi connectivity index (χ2v) is 5.94. The molecule has 94 valence electrons. The third-order valence-electron chi connectivity index (χ3n) is 3.71. The fourth-order valence-electron chi connectivity index (χ4n) is 2.52. The number of halogens is 2. The van der Waals surface area contributed by atoms with Crippen LogP contribution in [0.1, 0.15) is 38.8 Å². The van der Waals surface area contributed by atoms with Gasteiger partial charge in [0.05, 0.1) is 0 Å². The van der Waals surface area contributed by atoms with E-state index < -0.39 is 0 Å². The van der Waals surface area contributed by atoms with Gasteiger partial charge < -0.3 is 5.32 Å². The van der Waals surface area contributed by atoms with Gasteiger partial charge in [-0.3, -0.25) is 0 Å². The van der Waals surface area contributed by atoms with Gasteiger partial charge in [-0.25, -0.2) is 4.39 Å². The van der Waals surface area contributed by atoms with E-state index in [0.29, 0.717) is 16.4 Å². The Morgan fingerprint density at radius 2 is 2.18 bits per heavy atom. The number of nitrogens with one attached hydrogen (secondary N) is 1. The van der Waals surface area contributed by atoms with Crippen LogP contribution in [0, 0.1) is 17.2 Å². The highest BCUT2D eigenvalue weighted by Gasteiger charge is 2.50. The molecule has 2 unspecified atom stereocenters. The number of hydrogen-bond acceptors (Lipinski definition) is 1. The summed E-state index contributed by atoms with van der Waals surface area (Å²) in [6.07, 6.45) is 1.15. The SMILES string of the molecule is CCNC(c1ccc(Cl)cc1F)C1CC1(C)C. The van der Waals surface area contributed by atoms with Gasteiger partial charge >= 0.3 is 0 Å². The van der Waals surface area contributed by atoms with Crippen molar-refractivity contribution in [3.05, 3.63) is 34.6 Å². The molecule has 2 rings (SSSR count). The maximum Gasteiger partial charge on any atom is 0.129 e. The van der Waals surface area contributed by atoms with Crippen molar-refractivity contribution in [3.8, 4) is 0 Å². The topological polar surface area (TPSA) is 12.0 Å². The van der Waals surface area contributed by atoms with E-state index >= 15 is 0 Å². The van der Waals surface area contributed by atoms with Crippen LogP contribution in [0.2, 0.25) is 5.02 Å². The minimum atomic E-state index is -0.203. The summed E-state index contributed by atoms with van der Waals surface area (Å²) in [6.45, 7) is 7.36. The Morgan fingerprint density at radius 1 is 1.53 bits per heavy atom. The van der Waals surface area contributed by atoms with Gasteiger partial charge in [0.25, 0.3) is 0 Å². The lowest BCUT2D eigenvalue weighted by molar-refractivity contribution is 0.410. The molecule has 0 radical (unpaired) electrons. The molecule has 1 N–H and O–H groups in total. The second-order valence-electron chi connectivity index (χ2n) is 5.50. The van der Waals surface area contributed by atoms with Crippen molar-refractivity contribution in [3.63, 3.8) is 0 Å². The first-order chi connectivity index (χ1) is 7.95. The average molecular weight is 256 g/mol. The molecule has 1 fully saturated rings. The number of benzene rings is 1. The zero-order valence-electron chi connectivity index (χ0n) is 10.6. The van der Waals surface area contributed by atoms with E-state index in [1.807, 2.05) is 0 Å². The summed E-state index contributed by atoms with van der Waals surface area (Å²) in [4.78, 5) is 0. The third-order valence-corrected chi connectivity index (χ3v) is 3.95. The molecule has 0 saturated heterocycles. The average Bonchev–Trinajstić information content (AvgIpc) is 2.85. The molecule has 1 saturated carbocycles. The Hall–Kier alpha value is -0.600. The maximum atomic E-state index is 13.9. The highest BCUT2D eigenvalue weighted by molar-refractivity contribution is 6.30. The molecule has 0 bridgehead atoms. The van der Waals surface area contributed by atoms with Crippen LogP contribution in [0.4, 0.5) is 4.39 Å². The van der Waals surface area contributed by atoms with Crippen molar-refractivity contribution in [2.24, 2.45) is 11.3 Å². The summed E-state index contributed by atoms with van der Waals surface area (Å²) < 4.78 is 13.9. The van der Waals surface area contributed by atoms with Crippen LogP contribution in [-0.2, 0) is 0 Å². The highest BCUT2D eigenvalue weighted by atomic mass is 35.5. The molecule has 1 nitrogen and oxygen atoms in total. The predicted molar refractivity (Wildman–Crippen MR) is 69.7 cm³/mol. The van der Waals surface area contributed by atoms with Crippen molar-refractivity contribution in [1.29, 1.82) is 0 Å². The largest absolute Gasteiger partial charge is 0.310 e. The quantitative estimate of drug-likeness (QED) is 0.851. The van der Waals surface area contributed by atoms with Gasteiger partial charge in [-0.1, -0.05) is 38.4 Å². The Bertz CT molecular complexity index is 417. The Labute approximate surface area is 107 Å². The fraction of sp³-hybridized carbons (Fsp3) is 0.571. The first kappa shape index (κ1) is 12.8. The minimum absolute atomic E-state index is 0.104. The second kappa shape index (κ2) is 4.58. The van der Waals surface area contributed by atoms with E-state index in [1.165, 1.54) is 6.07 Å². The van der Waals surface area contributed by atoms with Crippen LogP contribution in [0.25, 0.3) is 0 Å². The minimum Gasteiger partial charge on any atom is -0.310 e. The first-order valence-electron chi connectivity index (χ1n) is 6.14. The normalized spacial score (nSPS) is 23.5. The van der Waals surface area contributed by atoms with Crippen molar-refractivity contribution >= 4 is 11.6 Å². The molecule has 1 aliphatic rings. The van der Waals surface area contributed by atoms with E-state index in [4.69, 9.17) is 11.6 Å². The van der Waals surface area contributed by atoms with Gasteiger partial charge in [0.2, 0.25) is 0 Å². The van der Waals surface area contributed by atoms with Gasteiger partial charge in [-0.05, 0) is 36.4 Å². The lowest BCUT2D eigenvalue weighted by atomic mass is 9.96. The van der Waals surface area contributed by atoms with Gasteiger partial charge in [0.1, 0.15) is 5.82 Å². The van der Waals surface area contributed by atoms with E-state index in [9.17, 15) is 4.39 Å². The third kappa shape index (κ3) is 2.63. The van der Waals surface area contributed by atoms with Crippen LogP contribution >= 0.6 is 11.6 Å². The molecule has 17 heavy (non-hydrogen) atoms. The van der Waals surface area contributed by atoms with Crippen molar-refractivity contribution in [1.82, 2.24) is 5.32 Å². The molecule has 0 aromatic heterocycles. The van der Waals surface area contributed by atoms with E-state index in [1.54, 1.807) is 12.1 Å². The van der Waals surface area contributed by atoms with Gasteiger partial charge in [-0.15, -0.1) is 0 Å². The zero-order valence-corrected chi connectivity index (χ0v) is 11.3. The molecule has 0 amide bonds. The molecule has 1 aromatic rings. The molecule has 1 aromatic carbocycles. The monoisotopic (exact) mass is 255 g/mol. The van der Waals surface area contributed by atoms with E-state index in [2.05, 4.69) is 26.1 Å². The van der Waals surface area contributed by atoms with E-state index in [-0.39, 0.29) is 11.9 Å². The van der Waals surface area contributed by atoms with Gasteiger partial charge in [0, 0.05) is 16.6 Å². The summed E-state index contributed by atoms with van der Waals surface area (Å²) in [6, 6.07) is 5.07. The molecule has 2 atom stereocenters. The maximum absolute atomic E-state index is 13.9. The summed E-state index contributed by atoms with van der Waals surface area (Å²) in [5.74, 6) is 0.310. The Kier molecular flexibility index (Phi) is 3.46. The molecule has 1 aliphatic carbocycles. The van der Waals surface area contributed by atoms with Crippen LogP contribution in [0.3, 0.4) is 0 Å². The number of rotatable bonds is 4. The fourth-order valence-corrected chi connectivity index (χ4v) is 2.68. The summed E-state index contributed by atoms with van der Waals surface area (Å²) >= 11 is 5.79. The molecular weight excluding hydrogens is 237 g/mol. The standard InChI is InChI=1S/C14H19ClFN/c1-4-17-13(11-8-14(11,2)3)10-6-5-9(15)7-12(10)16/h5-7,11,13,17H,4,8H2,1-3H3. The summed E-state index contributed by atoms with van der Waals surface area (Å²) in [5, 5.41) is 3.85.